The predicted molar refractivity (Wildman–Crippen MR) is 108 cm³/mol. The molecule has 4 heteroatoms. The molecule has 1 aliphatic heterocycles. The molecule has 0 N–H and O–H groups in total. The van der Waals surface area contributed by atoms with Crippen LogP contribution in [0.5, 0.6) is 0 Å². The highest BCUT2D eigenvalue weighted by molar-refractivity contribution is 7.20. The van der Waals surface area contributed by atoms with Crippen molar-refractivity contribution in [3.8, 4) is 0 Å². The van der Waals surface area contributed by atoms with Crippen LogP contribution in [0.3, 0.4) is 0 Å². The van der Waals surface area contributed by atoms with Crippen molar-refractivity contribution in [3.63, 3.8) is 0 Å². The quantitative estimate of drug-likeness (QED) is 0.568. The lowest BCUT2D eigenvalue weighted by Crippen LogP contribution is -2.33. The van der Waals surface area contributed by atoms with E-state index in [2.05, 4.69) is 40.2 Å². The molecule has 1 aliphatic rings. The van der Waals surface area contributed by atoms with Crippen LogP contribution in [0, 0.1) is 0 Å². The lowest BCUT2D eigenvalue weighted by Gasteiger charge is -2.32. The number of carbonyl (C=O) groups excluding carboxylic acids is 1. The molecule has 0 bridgehead atoms. The normalized spacial score (nSPS) is 16.2. The van der Waals surface area contributed by atoms with Crippen LogP contribution in [0.1, 0.15) is 47.0 Å². The second kappa shape index (κ2) is 8.11. The van der Waals surface area contributed by atoms with Gasteiger partial charge in [0.05, 0.1) is 10.2 Å². The Morgan fingerprint density at radius 1 is 1.04 bits per heavy atom. The fourth-order valence-corrected chi connectivity index (χ4v) is 4.71. The summed E-state index contributed by atoms with van der Waals surface area (Å²) in [6.45, 7) is 3.28. The van der Waals surface area contributed by atoms with Gasteiger partial charge in [0.1, 0.15) is 0 Å². The molecule has 2 aromatic carbocycles. The number of ketones is 1. The number of Topliss-reactive ketones (excluding diaryl/α,β-unsaturated/α-hetero) is 1. The average Bonchev–Trinajstić information content (AvgIpc) is 3.13. The number of benzene rings is 2. The topological polar surface area (TPSA) is 33.2 Å². The van der Waals surface area contributed by atoms with Crippen molar-refractivity contribution in [2.45, 2.75) is 31.6 Å². The maximum atomic E-state index is 12.4. The van der Waals surface area contributed by atoms with E-state index in [9.17, 15) is 4.79 Å². The third-order valence-corrected chi connectivity index (χ3v) is 6.35. The first-order chi connectivity index (χ1) is 12.8. The van der Waals surface area contributed by atoms with Gasteiger partial charge in [0.2, 0.25) is 0 Å². The summed E-state index contributed by atoms with van der Waals surface area (Å²) in [7, 11) is 0. The highest BCUT2D eigenvalue weighted by Gasteiger charge is 2.20. The third-order valence-electron chi connectivity index (χ3n) is 5.27. The Balaban J connectivity index is 1.23. The molecule has 0 radical (unpaired) electrons. The zero-order valence-corrected chi connectivity index (χ0v) is 15.8. The smallest absolute Gasteiger partial charge is 0.191 e. The zero-order valence-electron chi connectivity index (χ0n) is 14.9. The molecular weight excluding hydrogens is 340 g/mol. The summed E-state index contributed by atoms with van der Waals surface area (Å²) in [4.78, 5) is 19.4. The Morgan fingerprint density at radius 2 is 1.77 bits per heavy atom. The first-order valence-corrected chi connectivity index (χ1v) is 10.3. The van der Waals surface area contributed by atoms with Crippen LogP contribution < -0.4 is 0 Å². The Hall–Kier alpha value is -2.04. The summed E-state index contributed by atoms with van der Waals surface area (Å²) in [6, 6.07) is 18.8. The van der Waals surface area contributed by atoms with Crippen molar-refractivity contribution in [1.29, 1.82) is 0 Å². The van der Waals surface area contributed by atoms with E-state index in [1.807, 2.05) is 24.3 Å². The molecule has 3 aromatic rings. The van der Waals surface area contributed by atoms with Gasteiger partial charge in [-0.25, -0.2) is 4.98 Å². The fraction of sp³-hybridized carbons (Fsp3) is 0.364. The maximum absolute atomic E-state index is 12.4. The number of carbonyl (C=O) groups is 1. The molecule has 1 aromatic heterocycles. The number of aromatic nitrogens is 1. The molecule has 134 valence electrons. The summed E-state index contributed by atoms with van der Waals surface area (Å²) in [6.07, 6.45) is 3.95. The van der Waals surface area contributed by atoms with Crippen LogP contribution in [0.25, 0.3) is 10.2 Å². The molecule has 0 atom stereocenters. The fourth-order valence-electron chi connectivity index (χ4n) is 3.78. The Kier molecular flexibility index (Phi) is 5.42. The predicted octanol–water partition coefficient (Wildman–Crippen LogP) is 5.14. The number of nitrogens with zero attached hydrogens (tertiary/aromatic N) is 2. The van der Waals surface area contributed by atoms with Gasteiger partial charge in [-0.1, -0.05) is 42.5 Å². The lowest BCUT2D eigenvalue weighted by molar-refractivity contribution is 0.0972. The van der Waals surface area contributed by atoms with Gasteiger partial charge < -0.3 is 4.90 Å². The summed E-state index contributed by atoms with van der Waals surface area (Å²) in [5.74, 6) is 0.877. The van der Waals surface area contributed by atoms with E-state index >= 15 is 0 Å². The van der Waals surface area contributed by atoms with Crippen LogP contribution in [0.4, 0.5) is 0 Å². The van der Waals surface area contributed by atoms with E-state index in [4.69, 9.17) is 0 Å². The molecule has 2 heterocycles. The third kappa shape index (κ3) is 4.02. The van der Waals surface area contributed by atoms with E-state index in [0.29, 0.717) is 17.3 Å². The van der Waals surface area contributed by atoms with Crippen LogP contribution in [-0.2, 0) is 0 Å². The molecule has 26 heavy (non-hydrogen) atoms. The minimum absolute atomic E-state index is 0.186. The molecule has 3 nitrogen and oxygen atoms in total. The van der Waals surface area contributed by atoms with Crippen molar-refractivity contribution in [1.82, 2.24) is 9.88 Å². The number of rotatable bonds is 6. The minimum Gasteiger partial charge on any atom is -0.303 e. The Bertz CT molecular complexity index is 833. The molecule has 0 aliphatic carbocycles. The standard InChI is InChI=1S/C22H24N2OS/c25-20(22-23-19-9-4-5-11-21(19)26-22)10-6-14-24-15-12-18(13-16-24)17-7-2-1-3-8-17/h1-5,7-9,11,18H,6,10,12-16H2. The molecule has 1 fully saturated rings. The van der Waals surface area contributed by atoms with Crippen molar-refractivity contribution in [3.05, 3.63) is 65.2 Å². The van der Waals surface area contributed by atoms with Crippen LogP contribution in [0.15, 0.2) is 54.6 Å². The van der Waals surface area contributed by atoms with Crippen molar-refractivity contribution >= 4 is 27.3 Å². The van der Waals surface area contributed by atoms with E-state index in [1.54, 1.807) is 0 Å². The molecule has 0 amide bonds. The summed E-state index contributed by atoms with van der Waals surface area (Å²) in [5.41, 5.74) is 2.40. The van der Waals surface area contributed by atoms with E-state index in [-0.39, 0.29) is 5.78 Å². The Labute approximate surface area is 158 Å². The van der Waals surface area contributed by atoms with Gasteiger partial charge in [-0.05, 0) is 62.5 Å². The number of thiazole rings is 1. The minimum atomic E-state index is 0.186. The summed E-state index contributed by atoms with van der Waals surface area (Å²) in [5, 5.41) is 0.661. The van der Waals surface area contributed by atoms with Crippen LogP contribution in [-0.4, -0.2) is 35.3 Å². The van der Waals surface area contributed by atoms with Gasteiger partial charge in [0, 0.05) is 6.42 Å². The average molecular weight is 365 g/mol. The highest BCUT2D eigenvalue weighted by atomic mass is 32.1. The SMILES string of the molecule is O=C(CCCN1CCC(c2ccccc2)CC1)c1nc2ccccc2s1. The molecular formula is C22H24N2OS. The zero-order chi connectivity index (χ0) is 17.8. The van der Waals surface area contributed by atoms with Crippen molar-refractivity contribution < 1.29 is 4.79 Å². The van der Waals surface area contributed by atoms with E-state index < -0.39 is 0 Å². The molecule has 1 saturated heterocycles. The number of hydrogen-bond acceptors (Lipinski definition) is 4. The number of likely N-dealkylation sites (tertiary alicyclic amines) is 1. The number of hydrogen-bond donors (Lipinski definition) is 0. The van der Waals surface area contributed by atoms with E-state index in [1.165, 1.54) is 29.7 Å². The van der Waals surface area contributed by atoms with Crippen LogP contribution in [0.2, 0.25) is 0 Å². The van der Waals surface area contributed by atoms with Gasteiger partial charge in [0.25, 0.3) is 0 Å². The molecule has 4 rings (SSSR count). The lowest BCUT2D eigenvalue weighted by atomic mass is 9.89. The maximum Gasteiger partial charge on any atom is 0.191 e. The number of para-hydroxylation sites is 1. The Morgan fingerprint density at radius 3 is 2.54 bits per heavy atom. The van der Waals surface area contributed by atoms with Crippen molar-refractivity contribution in [2.75, 3.05) is 19.6 Å². The molecule has 0 saturated carbocycles. The monoisotopic (exact) mass is 364 g/mol. The van der Waals surface area contributed by atoms with Gasteiger partial charge in [-0.15, -0.1) is 11.3 Å². The highest BCUT2D eigenvalue weighted by Crippen LogP contribution is 2.28. The second-order valence-corrected chi connectivity index (χ2v) is 8.07. The number of piperidine rings is 1. The summed E-state index contributed by atoms with van der Waals surface area (Å²) >= 11 is 1.52. The second-order valence-electron chi connectivity index (χ2n) is 7.04. The van der Waals surface area contributed by atoms with E-state index in [0.717, 1.165) is 36.3 Å². The summed E-state index contributed by atoms with van der Waals surface area (Å²) < 4.78 is 1.10. The number of fused-ring (bicyclic) bond motifs is 1. The molecule has 0 spiro atoms. The first-order valence-electron chi connectivity index (χ1n) is 9.46. The van der Waals surface area contributed by atoms with Gasteiger partial charge in [-0.3, -0.25) is 4.79 Å². The first kappa shape index (κ1) is 17.4. The van der Waals surface area contributed by atoms with Gasteiger partial charge in [0.15, 0.2) is 10.8 Å². The largest absolute Gasteiger partial charge is 0.303 e. The van der Waals surface area contributed by atoms with Crippen molar-refractivity contribution in [2.24, 2.45) is 0 Å². The van der Waals surface area contributed by atoms with Gasteiger partial charge >= 0.3 is 0 Å². The molecule has 0 unspecified atom stereocenters. The van der Waals surface area contributed by atoms with Crippen LogP contribution >= 0.6 is 11.3 Å². The van der Waals surface area contributed by atoms with Gasteiger partial charge in [-0.2, -0.15) is 0 Å².